The maximum absolute atomic E-state index is 13.0. The molecule has 0 radical (unpaired) electrons. The summed E-state index contributed by atoms with van der Waals surface area (Å²) in [6.45, 7) is 0.987. The highest BCUT2D eigenvalue weighted by molar-refractivity contribution is 7.09. The van der Waals surface area contributed by atoms with Crippen molar-refractivity contribution >= 4 is 28.9 Å². The third-order valence-electron chi connectivity index (χ3n) is 4.11. The van der Waals surface area contributed by atoms with Crippen molar-refractivity contribution in [2.24, 2.45) is 0 Å². The van der Waals surface area contributed by atoms with Gasteiger partial charge in [0.15, 0.2) is 5.69 Å². The second-order valence-corrected chi connectivity index (χ2v) is 7.78. The monoisotopic (exact) mass is 440 g/mol. The highest BCUT2D eigenvalue weighted by Crippen LogP contribution is 2.30. The minimum Gasteiger partial charge on any atom is -0.476 e. The van der Waals surface area contributed by atoms with E-state index in [4.69, 9.17) is 16.7 Å². The van der Waals surface area contributed by atoms with Gasteiger partial charge in [0.2, 0.25) is 0 Å². The Hall–Kier alpha value is -2.42. The number of carboxylic acids is 1. The Bertz CT molecular complexity index is 990. The number of rotatable bonds is 7. The van der Waals surface area contributed by atoms with E-state index >= 15 is 0 Å². The van der Waals surface area contributed by atoms with Crippen LogP contribution >= 0.6 is 22.9 Å². The van der Waals surface area contributed by atoms with Crippen molar-refractivity contribution in [1.29, 1.82) is 0 Å². The summed E-state index contributed by atoms with van der Waals surface area (Å²) in [6, 6.07) is 12.3. The van der Waals surface area contributed by atoms with Gasteiger partial charge in [-0.1, -0.05) is 41.9 Å². The molecule has 0 aliphatic rings. The molecule has 0 amide bonds. The Morgan fingerprint density at radius 1 is 1.07 bits per heavy atom. The van der Waals surface area contributed by atoms with E-state index < -0.39 is 17.7 Å². The van der Waals surface area contributed by atoms with Crippen molar-refractivity contribution in [2.75, 3.05) is 0 Å². The number of carbonyl (C=O) groups is 1. The summed E-state index contributed by atoms with van der Waals surface area (Å²) in [5.41, 5.74) is 0.680. The van der Waals surface area contributed by atoms with Gasteiger partial charge in [0.1, 0.15) is 5.01 Å². The Kier molecular flexibility index (Phi) is 6.56. The SMILES string of the molecule is O=C(O)c1csc(CN(Cc2ccc(Cl)cc2)Cc2cccc(C(F)(F)F)c2)n1. The molecule has 0 bridgehead atoms. The second-order valence-electron chi connectivity index (χ2n) is 6.40. The smallest absolute Gasteiger partial charge is 0.416 e. The van der Waals surface area contributed by atoms with Crippen LogP contribution in [-0.2, 0) is 25.8 Å². The fourth-order valence-electron chi connectivity index (χ4n) is 2.79. The molecule has 9 heteroatoms. The highest BCUT2D eigenvalue weighted by Gasteiger charge is 2.30. The fraction of sp³-hybridized carbons (Fsp3) is 0.200. The molecule has 1 aromatic heterocycles. The molecule has 3 aromatic rings. The number of halogens is 4. The zero-order valence-electron chi connectivity index (χ0n) is 15.0. The summed E-state index contributed by atoms with van der Waals surface area (Å²) in [5.74, 6) is -1.12. The molecule has 3 rings (SSSR count). The lowest BCUT2D eigenvalue weighted by Gasteiger charge is -2.22. The van der Waals surface area contributed by atoms with Gasteiger partial charge in [-0.05, 0) is 29.3 Å². The number of hydrogen-bond donors (Lipinski definition) is 1. The first-order valence-electron chi connectivity index (χ1n) is 8.51. The molecule has 1 N–H and O–H groups in total. The van der Waals surface area contributed by atoms with Crippen LogP contribution in [0.25, 0.3) is 0 Å². The second kappa shape index (κ2) is 8.94. The van der Waals surface area contributed by atoms with E-state index in [9.17, 15) is 18.0 Å². The molecule has 2 aromatic carbocycles. The zero-order valence-corrected chi connectivity index (χ0v) is 16.6. The van der Waals surface area contributed by atoms with Crippen LogP contribution in [0, 0.1) is 0 Å². The van der Waals surface area contributed by atoms with Gasteiger partial charge in [0, 0.05) is 23.5 Å². The zero-order chi connectivity index (χ0) is 21.0. The molecule has 0 saturated carbocycles. The number of alkyl halides is 3. The van der Waals surface area contributed by atoms with Crippen molar-refractivity contribution < 1.29 is 23.1 Å². The number of aromatic nitrogens is 1. The van der Waals surface area contributed by atoms with Gasteiger partial charge in [-0.2, -0.15) is 13.2 Å². The van der Waals surface area contributed by atoms with Crippen LogP contribution in [-0.4, -0.2) is 21.0 Å². The fourth-order valence-corrected chi connectivity index (χ4v) is 3.73. The van der Waals surface area contributed by atoms with E-state index in [0.29, 0.717) is 28.7 Å². The number of thiazole rings is 1. The first-order chi connectivity index (χ1) is 13.7. The summed E-state index contributed by atoms with van der Waals surface area (Å²) >= 11 is 7.12. The van der Waals surface area contributed by atoms with Crippen LogP contribution in [0.4, 0.5) is 13.2 Å². The maximum Gasteiger partial charge on any atom is 0.416 e. The predicted octanol–water partition coefficient (Wildman–Crippen LogP) is 5.72. The van der Waals surface area contributed by atoms with Gasteiger partial charge in [-0.3, -0.25) is 4.90 Å². The Labute approximate surface area is 174 Å². The summed E-state index contributed by atoms with van der Waals surface area (Å²) in [6.07, 6.45) is -4.41. The van der Waals surface area contributed by atoms with Gasteiger partial charge in [-0.25, -0.2) is 9.78 Å². The van der Waals surface area contributed by atoms with E-state index in [0.717, 1.165) is 17.7 Å². The van der Waals surface area contributed by atoms with E-state index in [1.807, 2.05) is 17.0 Å². The molecule has 0 aliphatic heterocycles. The number of nitrogens with zero attached hydrogens (tertiary/aromatic N) is 2. The highest BCUT2D eigenvalue weighted by atomic mass is 35.5. The van der Waals surface area contributed by atoms with Crippen LogP contribution in [0.2, 0.25) is 5.02 Å². The summed E-state index contributed by atoms with van der Waals surface area (Å²) in [5, 5.41) is 11.7. The summed E-state index contributed by atoms with van der Waals surface area (Å²) in [4.78, 5) is 17.0. The van der Waals surface area contributed by atoms with Gasteiger partial charge < -0.3 is 5.11 Å². The molecule has 0 spiro atoms. The normalized spacial score (nSPS) is 11.8. The average molecular weight is 441 g/mol. The third kappa shape index (κ3) is 6.03. The minimum atomic E-state index is -4.41. The quantitative estimate of drug-likeness (QED) is 0.511. The average Bonchev–Trinajstić information content (AvgIpc) is 3.12. The summed E-state index contributed by atoms with van der Waals surface area (Å²) < 4.78 is 39.1. The van der Waals surface area contributed by atoms with Crippen LogP contribution in [0.3, 0.4) is 0 Å². The number of carboxylic acid groups (broad SMARTS) is 1. The molecule has 0 unspecified atom stereocenters. The Balaban J connectivity index is 1.83. The van der Waals surface area contributed by atoms with Gasteiger partial charge >= 0.3 is 12.1 Å². The summed E-state index contributed by atoms with van der Waals surface area (Å²) in [7, 11) is 0. The largest absolute Gasteiger partial charge is 0.476 e. The minimum absolute atomic E-state index is 0.0458. The molecular formula is C20H16ClF3N2O2S. The van der Waals surface area contributed by atoms with E-state index in [-0.39, 0.29) is 12.2 Å². The van der Waals surface area contributed by atoms with Crippen LogP contribution < -0.4 is 0 Å². The van der Waals surface area contributed by atoms with E-state index in [1.54, 1.807) is 18.2 Å². The van der Waals surface area contributed by atoms with Gasteiger partial charge in [0.25, 0.3) is 0 Å². The molecule has 152 valence electrons. The molecule has 0 atom stereocenters. The third-order valence-corrected chi connectivity index (χ3v) is 5.20. The van der Waals surface area contributed by atoms with E-state index in [2.05, 4.69) is 4.98 Å². The van der Waals surface area contributed by atoms with Crippen molar-refractivity contribution in [3.8, 4) is 0 Å². The Morgan fingerprint density at radius 2 is 1.76 bits per heavy atom. The molecule has 29 heavy (non-hydrogen) atoms. The number of hydrogen-bond acceptors (Lipinski definition) is 4. The van der Waals surface area contributed by atoms with Crippen LogP contribution in [0.5, 0.6) is 0 Å². The molecule has 0 aliphatic carbocycles. The van der Waals surface area contributed by atoms with Crippen molar-refractivity contribution in [1.82, 2.24) is 9.88 Å². The van der Waals surface area contributed by atoms with Crippen molar-refractivity contribution in [3.63, 3.8) is 0 Å². The maximum atomic E-state index is 13.0. The van der Waals surface area contributed by atoms with Crippen LogP contribution in [0.15, 0.2) is 53.9 Å². The first kappa shape index (κ1) is 21.3. The van der Waals surface area contributed by atoms with E-state index in [1.165, 1.54) is 22.8 Å². The lowest BCUT2D eigenvalue weighted by molar-refractivity contribution is -0.137. The van der Waals surface area contributed by atoms with Crippen LogP contribution in [0.1, 0.15) is 32.2 Å². The molecule has 0 saturated heterocycles. The molecule has 4 nitrogen and oxygen atoms in total. The lowest BCUT2D eigenvalue weighted by Crippen LogP contribution is -2.22. The van der Waals surface area contributed by atoms with Crippen molar-refractivity contribution in [3.05, 3.63) is 86.3 Å². The molecule has 1 heterocycles. The van der Waals surface area contributed by atoms with Crippen molar-refractivity contribution in [2.45, 2.75) is 25.8 Å². The Morgan fingerprint density at radius 3 is 2.38 bits per heavy atom. The molecule has 0 fully saturated rings. The number of aromatic carboxylic acids is 1. The number of benzene rings is 2. The first-order valence-corrected chi connectivity index (χ1v) is 9.77. The lowest BCUT2D eigenvalue weighted by atomic mass is 10.1. The molecular weight excluding hydrogens is 425 g/mol. The topological polar surface area (TPSA) is 53.4 Å². The standard InChI is InChI=1S/C20H16ClF3N2O2S/c21-16-6-4-13(5-7-16)9-26(11-18-25-17(12-29-18)19(27)28)10-14-2-1-3-15(8-14)20(22,23)24/h1-8,12H,9-11H2,(H,27,28). The predicted molar refractivity (Wildman–Crippen MR) is 105 cm³/mol. The van der Waals surface area contributed by atoms with Gasteiger partial charge in [0.05, 0.1) is 12.1 Å². The van der Waals surface area contributed by atoms with Gasteiger partial charge in [-0.15, -0.1) is 11.3 Å².